The predicted octanol–water partition coefficient (Wildman–Crippen LogP) is 3.54. The lowest BCUT2D eigenvalue weighted by molar-refractivity contribution is 0.103. The standard InChI is InChI=1S/C16H16O2/c1-11-6-4-9-15(12(11)2)16(17)13-7-5-8-14(10-13)18-3/h4-10H,1-3H3. The molecule has 0 atom stereocenters. The maximum absolute atomic E-state index is 12.4. The molecular weight excluding hydrogens is 224 g/mol. The predicted molar refractivity (Wildman–Crippen MR) is 72.3 cm³/mol. The van der Waals surface area contributed by atoms with Crippen LogP contribution in [0.25, 0.3) is 0 Å². The van der Waals surface area contributed by atoms with E-state index >= 15 is 0 Å². The first-order valence-corrected chi connectivity index (χ1v) is 5.88. The summed E-state index contributed by atoms with van der Waals surface area (Å²) in [6, 6.07) is 13.0. The van der Waals surface area contributed by atoms with E-state index in [2.05, 4.69) is 0 Å². The van der Waals surface area contributed by atoms with E-state index in [0.717, 1.165) is 16.7 Å². The second-order valence-electron chi connectivity index (χ2n) is 4.31. The van der Waals surface area contributed by atoms with E-state index in [4.69, 9.17) is 4.74 Å². The molecule has 18 heavy (non-hydrogen) atoms. The summed E-state index contributed by atoms with van der Waals surface area (Å²) in [5, 5.41) is 0. The van der Waals surface area contributed by atoms with Crippen molar-refractivity contribution in [1.29, 1.82) is 0 Å². The number of carbonyl (C=O) groups excluding carboxylic acids is 1. The second-order valence-corrected chi connectivity index (χ2v) is 4.31. The van der Waals surface area contributed by atoms with E-state index < -0.39 is 0 Å². The first kappa shape index (κ1) is 12.4. The number of ether oxygens (including phenoxy) is 1. The van der Waals surface area contributed by atoms with Crippen molar-refractivity contribution in [3.05, 3.63) is 64.7 Å². The normalized spacial score (nSPS) is 10.2. The Labute approximate surface area is 107 Å². The van der Waals surface area contributed by atoms with Gasteiger partial charge in [0.15, 0.2) is 5.78 Å². The molecule has 0 spiro atoms. The molecule has 0 unspecified atom stereocenters. The molecular formula is C16H16O2. The molecule has 0 aliphatic heterocycles. The minimum Gasteiger partial charge on any atom is -0.497 e. The third kappa shape index (κ3) is 2.28. The van der Waals surface area contributed by atoms with Crippen molar-refractivity contribution in [2.24, 2.45) is 0 Å². The maximum atomic E-state index is 12.4. The average Bonchev–Trinajstić information content (AvgIpc) is 2.41. The van der Waals surface area contributed by atoms with Crippen molar-refractivity contribution in [1.82, 2.24) is 0 Å². The Hall–Kier alpha value is -2.09. The molecule has 0 N–H and O–H groups in total. The van der Waals surface area contributed by atoms with Gasteiger partial charge in [-0.2, -0.15) is 0 Å². The maximum Gasteiger partial charge on any atom is 0.193 e. The summed E-state index contributed by atoms with van der Waals surface area (Å²) >= 11 is 0. The molecule has 0 bridgehead atoms. The number of aryl methyl sites for hydroxylation is 1. The molecule has 2 rings (SSSR count). The average molecular weight is 240 g/mol. The van der Waals surface area contributed by atoms with Crippen LogP contribution in [0.3, 0.4) is 0 Å². The van der Waals surface area contributed by atoms with Gasteiger partial charge in [0.25, 0.3) is 0 Å². The number of hydrogen-bond acceptors (Lipinski definition) is 2. The van der Waals surface area contributed by atoms with Crippen LogP contribution in [0.2, 0.25) is 0 Å². The Morgan fingerprint density at radius 3 is 2.50 bits per heavy atom. The smallest absolute Gasteiger partial charge is 0.193 e. The molecule has 2 aromatic rings. The van der Waals surface area contributed by atoms with Crippen LogP contribution < -0.4 is 4.74 Å². The zero-order valence-corrected chi connectivity index (χ0v) is 10.9. The van der Waals surface area contributed by atoms with Gasteiger partial charge in [-0.25, -0.2) is 0 Å². The van der Waals surface area contributed by atoms with Crippen molar-refractivity contribution < 1.29 is 9.53 Å². The fourth-order valence-corrected chi connectivity index (χ4v) is 1.92. The molecule has 0 saturated carbocycles. The van der Waals surface area contributed by atoms with E-state index in [1.54, 1.807) is 13.2 Å². The summed E-state index contributed by atoms with van der Waals surface area (Å²) < 4.78 is 5.14. The van der Waals surface area contributed by atoms with Gasteiger partial charge < -0.3 is 4.74 Å². The van der Waals surface area contributed by atoms with Crippen LogP contribution >= 0.6 is 0 Å². The molecule has 0 aliphatic carbocycles. The molecule has 92 valence electrons. The molecule has 0 aromatic heterocycles. The van der Waals surface area contributed by atoms with Crippen LogP contribution in [0.4, 0.5) is 0 Å². The summed E-state index contributed by atoms with van der Waals surface area (Å²) in [6.07, 6.45) is 0. The second kappa shape index (κ2) is 5.05. The van der Waals surface area contributed by atoms with Crippen LogP contribution in [-0.4, -0.2) is 12.9 Å². The van der Waals surface area contributed by atoms with Crippen LogP contribution in [0, 0.1) is 13.8 Å². The van der Waals surface area contributed by atoms with Gasteiger partial charge in [-0.3, -0.25) is 4.79 Å². The number of benzene rings is 2. The molecule has 0 fully saturated rings. The highest BCUT2D eigenvalue weighted by Crippen LogP contribution is 2.20. The number of carbonyl (C=O) groups is 1. The van der Waals surface area contributed by atoms with E-state index in [9.17, 15) is 4.79 Å². The van der Waals surface area contributed by atoms with Gasteiger partial charge >= 0.3 is 0 Å². The molecule has 2 heteroatoms. The van der Waals surface area contributed by atoms with Crippen molar-refractivity contribution in [3.8, 4) is 5.75 Å². The minimum atomic E-state index is 0.0371. The summed E-state index contributed by atoms with van der Waals surface area (Å²) in [6.45, 7) is 3.99. The first-order chi connectivity index (χ1) is 8.63. The highest BCUT2D eigenvalue weighted by molar-refractivity contribution is 6.10. The Balaban J connectivity index is 2.44. The van der Waals surface area contributed by atoms with Crippen molar-refractivity contribution in [3.63, 3.8) is 0 Å². The fraction of sp³-hybridized carbons (Fsp3) is 0.188. The Bertz CT molecular complexity index is 585. The summed E-state index contributed by atoms with van der Waals surface area (Å²) in [5.41, 5.74) is 3.57. The Morgan fingerprint density at radius 1 is 1.06 bits per heavy atom. The van der Waals surface area contributed by atoms with Gasteiger partial charge in [0.1, 0.15) is 5.75 Å². The topological polar surface area (TPSA) is 26.3 Å². The van der Waals surface area contributed by atoms with E-state index in [1.165, 1.54) is 0 Å². The van der Waals surface area contributed by atoms with Gasteiger partial charge in [-0.1, -0.05) is 30.3 Å². The monoisotopic (exact) mass is 240 g/mol. The van der Waals surface area contributed by atoms with Crippen LogP contribution in [0.1, 0.15) is 27.0 Å². The van der Waals surface area contributed by atoms with Gasteiger partial charge in [0, 0.05) is 11.1 Å². The highest BCUT2D eigenvalue weighted by Gasteiger charge is 2.12. The third-order valence-corrected chi connectivity index (χ3v) is 3.18. The molecule has 0 aliphatic rings. The molecule has 2 aromatic carbocycles. The van der Waals surface area contributed by atoms with Gasteiger partial charge in [0.2, 0.25) is 0 Å². The Kier molecular flexibility index (Phi) is 3.47. The zero-order chi connectivity index (χ0) is 13.1. The Morgan fingerprint density at radius 2 is 1.78 bits per heavy atom. The minimum absolute atomic E-state index is 0.0371. The van der Waals surface area contributed by atoms with Crippen LogP contribution in [0.5, 0.6) is 5.75 Å². The summed E-state index contributed by atoms with van der Waals surface area (Å²) in [4.78, 5) is 12.4. The number of methoxy groups -OCH3 is 1. The molecule has 0 radical (unpaired) electrons. The summed E-state index contributed by atoms with van der Waals surface area (Å²) in [7, 11) is 1.60. The molecule has 2 nitrogen and oxygen atoms in total. The fourth-order valence-electron chi connectivity index (χ4n) is 1.92. The van der Waals surface area contributed by atoms with Crippen LogP contribution in [0.15, 0.2) is 42.5 Å². The van der Waals surface area contributed by atoms with E-state index in [1.807, 2.05) is 50.2 Å². The SMILES string of the molecule is COc1cccc(C(=O)c2cccc(C)c2C)c1. The lowest BCUT2D eigenvalue weighted by atomic mass is 9.96. The largest absolute Gasteiger partial charge is 0.497 e. The van der Waals surface area contributed by atoms with E-state index in [0.29, 0.717) is 11.3 Å². The van der Waals surface area contributed by atoms with Gasteiger partial charge in [0.05, 0.1) is 7.11 Å². The quantitative estimate of drug-likeness (QED) is 0.767. The lowest BCUT2D eigenvalue weighted by Crippen LogP contribution is -2.04. The lowest BCUT2D eigenvalue weighted by Gasteiger charge is -2.08. The van der Waals surface area contributed by atoms with Gasteiger partial charge in [-0.05, 0) is 37.1 Å². The zero-order valence-electron chi connectivity index (χ0n) is 10.9. The molecule has 0 amide bonds. The highest BCUT2D eigenvalue weighted by atomic mass is 16.5. The number of rotatable bonds is 3. The first-order valence-electron chi connectivity index (χ1n) is 5.88. The summed E-state index contributed by atoms with van der Waals surface area (Å²) in [5.74, 6) is 0.737. The third-order valence-electron chi connectivity index (χ3n) is 3.18. The molecule has 0 heterocycles. The number of hydrogen-bond donors (Lipinski definition) is 0. The van der Waals surface area contributed by atoms with Crippen molar-refractivity contribution in [2.75, 3.05) is 7.11 Å². The van der Waals surface area contributed by atoms with Gasteiger partial charge in [-0.15, -0.1) is 0 Å². The van der Waals surface area contributed by atoms with Crippen LogP contribution in [-0.2, 0) is 0 Å². The van der Waals surface area contributed by atoms with Crippen molar-refractivity contribution >= 4 is 5.78 Å². The van der Waals surface area contributed by atoms with E-state index in [-0.39, 0.29) is 5.78 Å². The molecule has 0 saturated heterocycles. The van der Waals surface area contributed by atoms with Crippen molar-refractivity contribution in [2.45, 2.75) is 13.8 Å². The number of ketones is 1.